The van der Waals surface area contributed by atoms with Crippen LogP contribution in [0.15, 0.2) is 36.4 Å². The van der Waals surface area contributed by atoms with E-state index in [1.165, 1.54) is 24.1 Å². The Morgan fingerprint density at radius 2 is 1.62 bits per heavy atom. The molecule has 32 heavy (non-hydrogen) atoms. The van der Waals surface area contributed by atoms with Crippen molar-refractivity contribution >= 4 is 39.0 Å². The quantitative estimate of drug-likeness (QED) is 0.197. The standard InChI is InChI=1S/C24H33AsCl2O5/c26-21-6-5-7-22(27)20(21)17-32-13-12-31-11-4-2-1-3-10-25-15-24(30)18-8-9-23(29)19(14-18)16-28/h5-9,14,24-25,28-30H,1-4,10-13,15-17H2/t24-/m0/s1. The van der Waals surface area contributed by atoms with Crippen molar-refractivity contribution in [3.63, 3.8) is 0 Å². The van der Waals surface area contributed by atoms with Gasteiger partial charge in [-0.25, -0.2) is 0 Å². The average molecular weight is 547 g/mol. The van der Waals surface area contributed by atoms with Gasteiger partial charge in [0.25, 0.3) is 0 Å². The Balaban J connectivity index is 1.42. The van der Waals surface area contributed by atoms with Crippen LogP contribution >= 0.6 is 23.2 Å². The first-order chi connectivity index (χ1) is 15.5. The molecule has 2 atom stereocenters. The number of rotatable bonds is 16. The van der Waals surface area contributed by atoms with Gasteiger partial charge in [0.1, 0.15) is 0 Å². The van der Waals surface area contributed by atoms with Gasteiger partial charge >= 0.3 is 156 Å². The molecule has 3 N–H and O–H groups in total. The summed E-state index contributed by atoms with van der Waals surface area (Å²) in [4.78, 5) is 0. The van der Waals surface area contributed by atoms with Gasteiger partial charge in [-0.15, -0.1) is 0 Å². The summed E-state index contributed by atoms with van der Waals surface area (Å²) in [6, 6.07) is 10.4. The molecule has 2 aromatic rings. The van der Waals surface area contributed by atoms with Gasteiger partial charge in [0.2, 0.25) is 0 Å². The molecule has 0 amide bonds. The van der Waals surface area contributed by atoms with E-state index in [0.29, 0.717) is 35.4 Å². The number of benzene rings is 2. The van der Waals surface area contributed by atoms with E-state index >= 15 is 0 Å². The molecule has 0 saturated carbocycles. The minimum absolute atomic E-state index is 0.0676. The summed E-state index contributed by atoms with van der Waals surface area (Å²) in [5.74, 6) is 0.0676. The first kappa shape index (κ1) is 27.5. The van der Waals surface area contributed by atoms with Crippen molar-refractivity contribution in [1.29, 1.82) is 0 Å². The van der Waals surface area contributed by atoms with Crippen LogP contribution in [0.4, 0.5) is 0 Å². The second-order valence-electron chi connectivity index (χ2n) is 7.55. The van der Waals surface area contributed by atoms with E-state index in [1.54, 1.807) is 24.3 Å². The van der Waals surface area contributed by atoms with Crippen molar-refractivity contribution in [2.24, 2.45) is 0 Å². The van der Waals surface area contributed by atoms with E-state index in [9.17, 15) is 15.3 Å². The maximum atomic E-state index is 10.3. The molecular weight excluding hydrogens is 514 g/mol. The van der Waals surface area contributed by atoms with Gasteiger partial charge < -0.3 is 0 Å². The summed E-state index contributed by atoms with van der Waals surface area (Å²) >= 11 is 12.0. The number of hydrogen-bond donors (Lipinski definition) is 3. The number of aliphatic hydroxyl groups excluding tert-OH is 2. The fourth-order valence-corrected chi connectivity index (χ4v) is 6.22. The third kappa shape index (κ3) is 10.0. The van der Waals surface area contributed by atoms with E-state index in [4.69, 9.17) is 32.7 Å². The molecular formula is C24H33AsCl2O5. The molecule has 0 bridgehead atoms. The van der Waals surface area contributed by atoms with Crippen molar-refractivity contribution < 1.29 is 24.8 Å². The SMILES string of the molecule is OCc1cc([C@@H](O)C[AsH]CCCCCCOCCOCc2c(Cl)cccc2Cl)ccc1O. The molecule has 0 heterocycles. The van der Waals surface area contributed by atoms with E-state index in [2.05, 4.69) is 0 Å². The summed E-state index contributed by atoms with van der Waals surface area (Å²) in [5.41, 5.74) is 2.04. The number of ether oxygens (including phenoxy) is 2. The molecule has 8 heteroatoms. The molecule has 0 spiro atoms. The van der Waals surface area contributed by atoms with E-state index in [-0.39, 0.29) is 28.1 Å². The Morgan fingerprint density at radius 1 is 0.906 bits per heavy atom. The van der Waals surface area contributed by atoms with Gasteiger partial charge in [0, 0.05) is 10.0 Å². The maximum absolute atomic E-state index is 10.3. The Hall–Kier alpha value is -0.782. The molecule has 0 saturated heterocycles. The molecule has 0 aliphatic heterocycles. The van der Waals surface area contributed by atoms with Crippen molar-refractivity contribution in [3.05, 3.63) is 63.1 Å². The van der Waals surface area contributed by atoms with Gasteiger partial charge in [-0.2, -0.15) is 0 Å². The predicted octanol–water partition coefficient (Wildman–Crippen LogP) is 5.29. The Morgan fingerprint density at radius 3 is 2.38 bits per heavy atom. The van der Waals surface area contributed by atoms with Crippen LogP contribution in [0.25, 0.3) is 0 Å². The summed E-state index contributed by atoms with van der Waals surface area (Å²) in [6.07, 6.45) is 4.04. The Kier molecular flexibility index (Phi) is 13.7. The average Bonchev–Trinajstić information content (AvgIpc) is 2.78. The Labute approximate surface area is 207 Å². The first-order valence-electron chi connectivity index (χ1n) is 10.9. The number of halogens is 2. The fourth-order valence-electron chi connectivity index (χ4n) is 3.17. The molecule has 0 aromatic heterocycles. The molecule has 1 unspecified atom stereocenters. The zero-order valence-electron chi connectivity index (χ0n) is 18.2. The molecule has 2 rings (SSSR count). The summed E-state index contributed by atoms with van der Waals surface area (Å²) in [6.45, 7) is 1.96. The van der Waals surface area contributed by atoms with Crippen LogP contribution in [-0.4, -0.2) is 50.9 Å². The zero-order valence-corrected chi connectivity index (χ0v) is 21.8. The molecule has 2 aromatic carbocycles. The monoisotopic (exact) mass is 546 g/mol. The number of aliphatic hydroxyl groups is 2. The van der Waals surface area contributed by atoms with Crippen LogP contribution in [-0.2, 0) is 22.7 Å². The van der Waals surface area contributed by atoms with Gasteiger partial charge in [-0.05, 0) is 12.1 Å². The topological polar surface area (TPSA) is 79.2 Å². The van der Waals surface area contributed by atoms with Crippen molar-refractivity contribution in [3.8, 4) is 5.75 Å². The van der Waals surface area contributed by atoms with E-state index in [0.717, 1.165) is 35.8 Å². The van der Waals surface area contributed by atoms with Crippen molar-refractivity contribution in [2.75, 3.05) is 19.8 Å². The molecule has 178 valence electrons. The fraction of sp³-hybridized carbons (Fsp3) is 0.500. The van der Waals surface area contributed by atoms with E-state index in [1.807, 2.05) is 6.07 Å². The van der Waals surface area contributed by atoms with Gasteiger partial charge in [0.05, 0.1) is 0 Å². The zero-order chi connectivity index (χ0) is 23.2. The third-order valence-corrected chi connectivity index (χ3v) is 8.68. The predicted molar refractivity (Wildman–Crippen MR) is 131 cm³/mol. The number of phenols is 1. The number of unbranched alkanes of at least 4 members (excludes halogenated alkanes) is 3. The van der Waals surface area contributed by atoms with Crippen LogP contribution in [0.1, 0.15) is 48.5 Å². The summed E-state index contributed by atoms with van der Waals surface area (Å²) in [7, 11) is 0. The summed E-state index contributed by atoms with van der Waals surface area (Å²) < 4.78 is 11.2. The van der Waals surface area contributed by atoms with Crippen LogP contribution in [0, 0.1) is 0 Å². The molecule has 5 nitrogen and oxygen atoms in total. The number of aromatic hydroxyl groups is 1. The normalized spacial score (nSPS) is 12.6. The Bertz CT molecular complexity index is 786. The van der Waals surface area contributed by atoms with Gasteiger partial charge in [-0.1, -0.05) is 29.3 Å². The molecule has 0 radical (unpaired) electrons. The van der Waals surface area contributed by atoms with Crippen LogP contribution in [0.3, 0.4) is 0 Å². The van der Waals surface area contributed by atoms with Gasteiger partial charge in [0.15, 0.2) is 0 Å². The van der Waals surface area contributed by atoms with Crippen LogP contribution in [0.5, 0.6) is 5.75 Å². The third-order valence-electron chi connectivity index (χ3n) is 5.07. The minimum atomic E-state index is -0.509. The summed E-state index contributed by atoms with van der Waals surface area (Å²) in [5, 5.41) is 32.4. The molecule has 0 fully saturated rings. The second kappa shape index (κ2) is 15.9. The number of hydrogen-bond acceptors (Lipinski definition) is 5. The van der Waals surface area contributed by atoms with Crippen molar-refractivity contribution in [2.45, 2.75) is 55.4 Å². The second-order valence-corrected chi connectivity index (χ2v) is 11.3. The first-order valence-corrected chi connectivity index (χ1v) is 14.6. The van der Waals surface area contributed by atoms with Crippen LogP contribution in [0.2, 0.25) is 20.5 Å². The van der Waals surface area contributed by atoms with E-state index < -0.39 is 6.10 Å². The van der Waals surface area contributed by atoms with Crippen LogP contribution < -0.4 is 0 Å². The van der Waals surface area contributed by atoms with Gasteiger partial charge in [-0.3, -0.25) is 0 Å². The molecule has 0 aliphatic rings. The van der Waals surface area contributed by atoms with Crippen molar-refractivity contribution in [1.82, 2.24) is 0 Å². The molecule has 0 aliphatic carbocycles.